The average Bonchev–Trinajstić information content (AvgIpc) is 3.34. The van der Waals surface area contributed by atoms with Crippen LogP contribution in [-0.4, -0.2) is 84.6 Å². The Bertz CT molecular complexity index is 813. The maximum absolute atomic E-state index is 13.2. The first-order chi connectivity index (χ1) is 14.1. The Morgan fingerprint density at radius 3 is 2.76 bits per heavy atom. The van der Waals surface area contributed by atoms with E-state index in [0.29, 0.717) is 31.9 Å². The number of piperidine rings is 1. The van der Waals surface area contributed by atoms with E-state index in [1.54, 1.807) is 9.36 Å². The molecule has 2 atom stereocenters. The van der Waals surface area contributed by atoms with Gasteiger partial charge in [-0.05, 0) is 43.3 Å². The minimum absolute atomic E-state index is 0.0511. The van der Waals surface area contributed by atoms with Crippen LogP contribution in [0, 0.1) is 6.92 Å². The van der Waals surface area contributed by atoms with Crippen LogP contribution >= 0.6 is 0 Å². The number of ether oxygens (including phenoxy) is 1. The van der Waals surface area contributed by atoms with Gasteiger partial charge in [0.2, 0.25) is 5.91 Å². The maximum atomic E-state index is 13.2. The van der Waals surface area contributed by atoms with Gasteiger partial charge in [0, 0.05) is 38.3 Å². The van der Waals surface area contributed by atoms with Crippen LogP contribution < -0.4 is 0 Å². The minimum atomic E-state index is -0.123. The molecule has 2 aromatic heterocycles. The lowest BCUT2D eigenvalue weighted by Gasteiger charge is -2.43. The summed E-state index contributed by atoms with van der Waals surface area (Å²) >= 11 is 0. The molecule has 4 rings (SSSR count). The molecule has 4 heterocycles. The highest BCUT2D eigenvalue weighted by atomic mass is 16.5. The Balaban J connectivity index is 1.50. The number of hydrogen-bond donors (Lipinski definition) is 0. The highest BCUT2D eigenvalue weighted by molar-refractivity contribution is 5.77. The van der Waals surface area contributed by atoms with E-state index >= 15 is 0 Å². The normalized spacial score (nSPS) is 23.4. The van der Waals surface area contributed by atoms with Crippen LogP contribution in [0.3, 0.4) is 0 Å². The first kappa shape index (κ1) is 20.0. The summed E-state index contributed by atoms with van der Waals surface area (Å²) in [5.41, 5.74) is 1.03. The van der Waals surface area contributed by atoms with E-state index in [1.165, 1.54) is 19.3 Å². The fourth-order valence-corrected chi connectivity index (χ4v) is 4.35. The van der Waals surface area contributed by atoms with Crippen molar-refractivity contribution in [2.75, 3.05) is 32.8 Å². The Kier molecular flexibility index (Phi) is 6.19. The highest BCUT2D eigenvalue weighted by Gasteiger charge is 2.38. The Hall–Kier alpha value is -2.33. The second-order valence-corrected chi connectivity index (χ2v) is 7.95. The number of carbonyl (C=O) groups is 1. The van der Waals surface area contributed by atoms with Crippen molar-refractivity contribution < 1.29 is 9.53 Å². The van der Waals surface area contributed by atoms with E-state index < -0.39 is 0 Å². The number of hydrogen-bond acceptors (Lipinski definition) is 7. The summed E-state index contributed by atoms with van der Waals surface area (Å²) in [5, 5.41) is 15.8. The van der Waals surface area contributed by atoms with E-state index in [0.717, 1.165) is 25.2 Å². The van der Waals surface area contributed by atoms with E-state index in [4.69, 9.17) is 4.74 Å². The molecule has 0 saturated carbocycles. The van der Waals surface area contributed by atoms with Crippen molar-refractivity contribution in [1.29, 1.82) is 0 Å². The van der Waals surface area contributed by atoms with Crippen molar-refractivity contribution in [1.82, 2.24) is 39.8 Å². The molecule has 1 amide bonds. The molecule has 0 aliphatic carbocycles. The molecular weight excluding hydrogens is 372 g/mol. The second kappa shape index (κ2) is 9.00. The largest absolute Gasteiger partial charge is 0.373 e. The predicted octanol–water partition coefficient (Wildman–Crippen LogP) is 0.560. The third-order valence-corrected chi connectivity index (χ3v) is 5.87. The van der Waals surface area contributed by atoms with Gasteiger partial charge < -0.3 is 14.5 Å². The highest BCUT2D eigenvalue weighted by Crippen LogP contribution is 2.31. The molecule has 0 N–H and O–H groups in total. The molecule has 0 spiro atoms. The van der Waals surface area contributed by atoms with Gasteiger partial charge in [0.25, 0.3) is 0 Å². The van der Waals surface area contributed by atoms with Crippen LogP contribution in [0.2, 0.25) is 0 Å². The van der Waals surface area contributed by atoms with Crippen molar-refractivity contribution in [3.8, 4) is 0 Å². The predicted molar refractivity (Wildman–Crippen MR) is 105 cm³/mol. The molecule has 0 aromatic carbocycles. The molecule has 10 nitrogen and oxygen atoms in total. The van der Waals surface area contributed by atoms with Crippen LogP contribution in [0.25, 0.3) is 0 Å². The Morgan fingerprint density at radius 2 is 2.07 bits per heavy atom. The van der Waals surface area contributed by atoms with E-state index in [-0.39, 0.29) is 18.1 Å². The summed E-state index contributed by atoms with van der Waals surface area (Å²) < 4.78 is 9.65. The number of carbonyl (C=O) groups excluding carboxylic acids is 1. The van der Waals surface area contributed by atoms with Gasteiger partial charge in [-0.1, -0.05) is 6.42 Å². The van der Waals surface area contributed by atoms with E-state index in [2.05, 4.69) is 25.5 Å². The van der Waals surface area contributed by atoms with Gasteiger partial charge >= 0.3 is 0 Å². The average molecular weight is 403 g/mol. The molecule has 2 aliphatic heterocycles. The van der Waals surface area contributed by atoms with E-state index in [1.807, 2.05) is 31.3 Å². The fourth-order valence-electron chi connectivity index (χ4n) is 4.35. The van der Waals surface area contributed by atoms with Gasteiger partial charge in [-0.25, -0.2) is 4.68 Å². The lowest BCUT2D eigenvalue weighted by molar-refractivity contribution is -0.149. The third kappa shape index (κ3) is 4.64. The summed E-state index contributed by atoms with van der Waals surface area (Å²) in [6, 6.07) is -0.123. The quantitative estimate of drug-likeness (QED) is 0.697. The summed E-state index contributed by atoms with van der Waals surface area (Å²) in [7, 11) is 1.90. The van der Waals surface area contributed by atoms with Crippen molar-refractivity contribution >= 4 is 5.91 Å². The number of rotatable bonds is 6. The number of morpholine rings is 1. The monoisotopic (exact) mass is 402 g/mol. The molecule has 29 heavy (non-hydrogen) atoms. The molecule has 2 saturated heterocycles. The lowest BCUT2D eigenvalue weighted by atomic mass is 9.99. The summed E-state index contributed by atoms with van der Waals surface area (Å²) in [6.07, 6.45) is 7.93. The zero-order valence-corrected chi connectivity index (χ0v) is 17.3. The van der Waals surface area contributed by atoms with Crippen LogP contribution in [0.1, 0.15) is 43.1 Å². The maximum Gasteiger partial charge on any atom is 0.225 e. The number of likely N-dealkylation sites (tertiary alicyclic amines) is 1. The van der Waals surface area contributed by atoms with E-state index in [9.17, 15) is 4.79 Å². The summed E-state index contributed by atoms with van der Waals surface area (Å²) in [4.78, 5) is 17.6. The molecule has 2 aromatic rings. The number of aryl methyl sites for hydroxylation is 3. The zero-order valence-electron chi connectivity index (χ0n) is 17.3. The molecule has 0 bridgehead atoms. The van der Waals surface area contributed by atoms with Gasteiger partial charge in [-0.2, -0.15) is 5.10 Å². The number of nitrogens with zero attached hydrogens (tertiary/aromatic N) is 8. The Morgan fingerprint density at radius 1 is 1.24 bits per heavy atom. The van der Waals surface area contributed by atoms with Gasteiger partial charge in [-0.3, -0.25) is 9.48 Å². The van der Waals surface area contributed by atoms with Crippen LogP contribution in [0.4, 0.5) is 0 Å². The molecule has 2 aliphatic rings. The fraction of sp³-hybridized carbons (Fsp3) is 0.737. The first-order valence-electron chi connectivity index (χ1n) is 10.5. The summed E-state index contributed by atoms with van der Waals surface area (Å²) in [6.45, 7) is 6.51. The molecule has 2 fully saturated rings. The first-order valence-corrected chi connectivity index (χ1v) is 10.5. The van der Waals surface area contributed by atoms with Crippen molar-refractivity contribution in [2.45, 2.75) is 51.3 Å². The van der Waals surface area contributed by atoms with Gasteiger partial charge in [0.05, 0.1) is 31.5 Å². The second-order valence-electron chi connectivity index (χ2n) is 7.95. The molecule has 0 unspecified atom stereocenters. The van der Waals surface area contributed by atoms with Crippen molar-refractivity contribution in [3.63, 3.8) is 0 Å². The number of aromatic nitrogens is 6. The van der Waals surface area contributed by atoms with Crippen molar-refractivity contribution in [2.24, 2.45) is 7.05 Å². The molecule has 158 valence electrons. The van der Waals surface area contributed by atoms with Crippen molar-refractivity contribution in [3.05, 3.63) is 23.8 Å². The molecule has 10 heteroatoms. The summed E-state index contributed by atoms with van der Waals surface area (Å²) in [5.74, 6) is 0.812. The van der Waals surface area contributed by atoms with Crippen LogP contribution in [0.15, 0.2) is 12.4 Å². The molecule has 0 radical (unpaired) electrons. The van der Waals surface area contributed by atoms with Gasteiger partial charge in [0.15, 0.2) is 0 Å². The van der Waals surface area contributed by atoms with Gasteiger partial charge in [0.1, 0.15) is 5.82 Å². The standard InChI is InChI=1S/C19H30N8O2/c1-15-21-22-23-27(15)9-6-18(28)26-10-11-29-17(14-25-7-4-3-5-8-25)19(26)16-12-20-24(2)13-16/h12-13,17,19H,3-11,14H2,1-2H3/t17-,19-/m0/s1. The molecular formula is C19H30N8O2. The smallest absolute Gasteiger partial charge is 0.225 e. The zero-order chi connectivity index (χ0) is 20.2. The van der Waals surface area contributed by atoms with Crippen LogP contribution in [0.5, 0.6) is 0 Å². The minimum Gasteiger partial charge on any atom is -0.373 e. The lowest BCUT2D eigenvalue weighted by Crippen LogP contribution is -2.52. The third-order valence-electron chi connectivity index (χ3n) is 5.87. The topological polar surface area (TPSA) is 94.2 Å². The van der Waals surface area contributed by atoms with Gasteiger partial charge in [-0.15, -0.1) is 5.10 Å². The Labute approximate surface area is 170 Å². The van der Waals surface area contributed by atoms with Crippen LogP contribution in [-0.2, 0) is 23.1 Å². The number of amides is 1. The number of tetrazole rings is 1. The SMILES string of the molecule is Cc1nnnn1CCC(=O)N1CCO[C@@H](CN2CCCCC2)[C@@H]1c1cnn(C)c1.